The van der Waals surface area contributed by atoms with E-state index in [0.29, 0.717) is 6.04 Å². The molecule has 2 N–H and O–H groups in total. The molecule has 4 heteroatoms. The molecule has 1 fully saturated rings. The summed E-state index contributed by atoms with van der Waals surface area (Å²) in [5, 5.41) is 12.6. The van der Waals surface area contributed by atoms with Crippen LogP contribution in [0.5, 0.6) is 0 Å². The Labute approximate surface area is 125 Å². The van der Waals surface area contributed by atoms with Gasteiger partial charge in [-0.2, -0.15) is 0 Å². The topological polar surface area (TPSA) is 49.3 Å². The van der Waals surface area contributed by atoms with Gasteiger partial charge < -0.3 is 10.4 Å². The van der Waals surface area contributed by atoms with Crippen LogP contribution in [-0.2, 0) is 11.3 Å². The number of nitrogens with one attached hydrogen (secondary N) is 1. The molecule has 0 saturated heterocycles. The zero-order valence-electron chi connectivity index (χ0n) is 12.2. The fourth-order valence-electron chi connectivity index (χ4n) is 2.80. The van der Waals surface area contributed by atoms with E-state index in [1.807, 2.05) is 0 Å². The molecule has 0 spiro atoms. The Balaban J connectivity index is 1.86. The number of carboxylic acids is 1. The molecule has 110 valence electrons. The van der Waals surface area contributed by atoms with E-state index < -0.39 is 5.97 Å². The Morgan fingerprint density at radius 3 is 2.65 bits per heavy atom. The van der Waals surface area contributed by atoms with Gasteiger partial charge in [0.2, 0.25) is 0 Å². The van der Waals surface area contributed by atoms with Crippen molar-refractivity contribution in [1.29, 1.82) is 0 Å². The van der Waals surface area contributed by atoms with E-state index >= 15 is 0 Å². The molecule has 0 unspecified atom stereocenters. The quantitative estimate of drug-likeness (QED) is 0.816. The molecule has 1 aromatic rings. The van der Waals surface area contributed by atoms with Gasteiger partial charge in [0.15, 0.2) is 0 Å². The van der Waals surface area contributed by atoms with Crippen LogP contribution < -0.4 is 5.32 Å². The minimum absolute atomic E-state index is 0.130. The number of carbonyl (C=O) groups is 1. The molecule has 3 nitrogen and oxygen atoms in total. The van der Waals surface area contributed by atoms with Gasteiger partial charge in [-0.05, 0) is 56.1 Å². The molecule has 1 aliphatic carbocycles. The van der Waals surface area contributed by atoms with Crippen molar-refractivity contribution in [1.82, 2.24) is 5.32 Å². The number of thioether (sulfide) groups is 1. The lowest BCUT2D eigenvalue weighted by Crippen LogP contribution is -2.34. The lowest BCUT2D eigenvalue weighted by molar-refractivity contribution is -0.142. The molecule has 1 aromatic carbocycles. The summed E-state index contributed by atoms with van der Waals surface area (Å²) >= 11 is 1.78. The van der Waals surface area contributed by atoms with Crippen molar-refractivity contribution < 1.29 is 9.90 Å². The number of carboxylic acid groups (broad SMARTS) is 1. The second-order valence-corrected chi connectivity index (χ2v) is 6.43. The monoisotopic (exact) mass is 293 g/mol. The summed E-state index contributed by atoms with van der Waals surface area (Å²) in [5.74, 6) is -0.763. The van der Waals surface area contributed by atoms with E-state index in [1.165, 1.54) is 16.0 Å². The van der Waals surface area contributed by atoms with Gasteiger partial charge >= 0.3 is 5.97 Å². The predicted octanol–water partition coefficient (Wildman–Crippen LogP) is 3.45. The van der Waals surface area contributed by atoms with Crippen LogP contribution in [-0.4, -0.2) is 23.4 Å². The Kier molecular flexibility index (Phi) is 5.49. The summed E-state index contributed by atoms with van der Waals surface area (Å²) in [6, 6.07) is 7.03. The summed E-state index contributed by atoms with van der Waals surface area (Å²) in [6.45, 7) is 2.99. The Morgan fingerprint density at radius 2 is 2.05 bits per heavy atom. The average molecular weight is 293 g/mol. The van der Waals surface area contributed by atoms with Crippen LogP contribution in [0, 0.1) is 12.8 Å². The first kappa shape index (κ1) is 15.4. The van der Waals surface area contributed by atoms with Gasteiger partial charge in [-0.1, -0.05) is 12.1 Å². The standard InChI is InChI=1S/C16H23NO2S/c1-11-3-4-13(15(9-11)20-2)10-17-14-7-5-12(6-8-14)16(18)19/h3-4,9,12,14,17H,5-8,10H2,1-2H3,(H,18,19). The molecule has 2 rings (SSSR count). The minimum Gasteiger partial charge on any atom is -0.481 e. The summed E-state index contributed by atoms with van der Waals surface area (Å²) < 4.78 is 0. The van der Waals surface area contributed by atoms with Crippen molar-refractivity contribution in [2.75, 3.05) is 6.26 Å². The van der Waals surface area contributed by atoms with Gasteiger partial charge in [0, 0.05) is 17.5 Å². The van der Waals surface area contributed by atoms with E-state index in [4.69, 9.17) is 5.11 Å². The van der Waals surface area contributed by atoms with Gasteiger partial charge in [0.1, 0.15) is 0 Å². The maximum atomic E-state index is 10.9. The lowest BCUT2D eigenvalue weighted by atomic mass is 9.86. The van der Waals surface area contributed by atoms with E-state index in [-0.39, 0.29) is 5.92 Å². The summed E-state index contributed by atoms with van der Waals surface area (Å²) in [5.41, 5.74) is 2.63. The van der Waals surface area contributed by atoms with E-state index in [0.717, 1.165) is 32.2 Å². The van der Waals surface area contributed by atoms with Crippen LogP contribution >= 0.6 is 11.8 Å². The van der Waals surface area contributed by atoms with Crippen LogP contribution in [0.25, 0.3) is 0 Å². The third-order valence-corrected chi connectivity index (χ3v) is 4.92. The van der Waals surface area contributed by atoms with Crippen molar-refractivity contribution in [3.05, 3.63) is 29.3 Å². The molecular weight excluding hydrogens is 270 g/mol. The molecule has 0 amide bonds. The van der Waals surface area contributed by atoms with Crippen molar-refractivity contribution in [3.63, 3.8) is 0 Å². The van der Waals surface area contributed by atoms with Crippen molar-refractivity contribution in [2.45, 2.75) is 50.1 Å². The maximum Gasteiger partial charge on any atom is 0.306 e. The Bertz CT molecular complexity index is 468. The van der Waals surface area contributed by atoms with Gasteiger partial charge in [0.25, 0.3) is 0 Å². The van der Waals surface area contributed by atoms with Crippen molar-refractivity contribution in [2.24, 2.45) is 5.92 Å². The maximum absolute atomic E-state index is 10.9. The summed E-state index contributed by atoms with van der Waals surface area (Å²) in [6.07, 6.45) is 5.65. The molecule has 0 atom stereocenters. The average Bonchev–Trinajstić information content (AvgIpc) is 2.46. The molecule has 1 saturated carbocycles. The number of hydrogen-bond acceptors (Lipinski definition) is 3. The molecule has 20 heavy (non-hydrogen) atoms. The molecule has 0 radical (unpaired) electrons. The predicted molar refractivity (Wildman–Crippen MR) is 83.2 cm³/mol. The third-order valence-electron chi connectivity index (χ3n) is 4.10. The number of aryl methyl sites for hydroxylation is 1. The van der Waals surface area contributed by atoms with Crippen molar-refractivity contribution in [3.8, 4) is 0 Å². The van der Waals surface area contributed by atoms with Crippen LogP contribution in [0.1, 0.15) is 36.8 Å². The molecule has 0 bridgehead atoms. The SMILES string of the molecule is CSc1cc(C)ccc1CNC1CCC(C(=O)O)CC1. The first-order valence-corrected chi connectivity index (χ1v) is 8.42. The largest absolute Gasteiger partial charge is 0.481 e. The van der Waals surface area contributed by atoms with Gasteiger partial charge in [-0.3, -0.25) is 4.79 Å². The van der Waals surface area contributed by atoms with Gasteiger partial charge in [0.05, 0.1) is 5.92 Å². The summed E-state index contributed by atoms with van der Waals surface area (Å²) in [4.78, 5) is 12.3. The zero-order valence-corrected chi connectivity index (χ0v) is 13.0. The van der Waals surface area contributed by atoms with Gasteiger partial charge in [-0.25, -0.2) is 0 Å². The highest BCUT2D eigenvalue weighted by atomic mass is 32.2. The number of benzene rings is 1. The lowest BCUT2D eigenvalue weighted by Gasteiger charge is -2.27. The molecule has 1 aliphatic rings. The normalized spacial score (nSPS) is 22.7. The van der Waals surface area contributed by atoms with E-state index in [1.54, 1.807) is 11.8 Å². The van der Waals surface area contributed by atoms with E-state index in [2.05, 4.69) is 36.7 Å². The van der Waals surface area contributed by atoms with Crippen LogP contribution in [0.15, 0.2) is 23.1 Å². The fraction of sp³-hybridized carbons (Fsp3) is 0.562. The van der Waals surface area contributed by atoms with E-state index in [9.17, 15) is 4.79 Å². The second-order valence-electron chi connectivity index (χ2n) is 5.58. The highest BCUT2D eigenvalue weighted by Gasteiger charge is 2.25. The Morgan fingerprint density at radius 1 is 1.35 bits per heavy atom. The zero-order chi connectivity index (χ0) is 14.5. The molecule has 0 aromatic heterocycles. The minimum atomic E-state index is -0.633. The number of rotatable bonds is 5. The molecule has 0 aliphatic heterocycles. The van der Waals surface area contributed by atoms with Crippen molar-refractivity contribution >= 4 is 17.7 Å². The third kappa shape index (κ3) is 4.00. The highest BCUT2D eigenvalue weighted by Crippen LogP contribution is 2.26. The summed E-state index contributed by atoms with van der Waals surface area (Å²) in [7, 11) is 0. The highest BCUT2D eigenvalue weighted by molar-refractivity contribution is 7.98. The molecular formula is C16H23NO2S. The smallest absolute Gasteiger partial charge is 0.306 e. The van der Waals surface area contributed by atoms with Crippen LogP contribution in [0.4, 0.5) is 0 Å². The second kappa shape index (κ2) is 7.14. The first-order chi connectivity index (χ1) is 9.60. The fourth-order valence-corrected chi connectivity index (χ4v) is 3.50. The van der Waals surface area contributed by atoms with Gasteiger partial charge in [-0.15, -0.1) is 11.8 Å². The first-order valence-electron chi connectivity index (χ1n) is 7.20. The van der Waals surface area contributed by atoms with Crippen LogP contribution in [0.2, 0.25) is 0 Å². The number of aliphatic carboxylic acids is 1. The molecule has 0 heterocycles. The van der Waals surface area contributed by atoms with Crippen LogP contribution in [0.3, 0.4) is 0 Å². The number of hydrogen-bond donors (Lipinski definition) is 2. The Hall–Kier alpha value is -1.00.